The number of carbonyl (C=O) groups is 1. The Morgan fingerprint density at radius 3 is 2.45 bits per heavy atom. The van der Waals surface area contributed by atoms with E-state index in [2.05, 4.69) is 0 Å². The summed E-state index contributed by atoms with van der Waals surface area (Å²) in [6.45, 7) is 7.17. The number of likely N-dealkylation sites (N-methyl/N-ethyl adjacent to an activating group) is 1. The summed E-state index contributed by atoms with van der Waals surface area (Å²) in [5, 5.41) is 0. The van der Waals surface area contributed by atoms with Crippen LogP contribution in [0, 0.1) is 0 Å². The molecule has 66 valence electrons. The van der Waals surface area contributed by atoms with E-state index in [0.29, 0.717) is 6.61 Å². The number of hydrogen-bond donors (Lipinski definition) is 0. The lowest BCUT2D eigenvalue weighted by Crippen LogP contribution is -2.43. The fourth-order valence-corrected chi connectivity index (χ4v) is 0.858. The molecule has 1 aliphatic rings. The first-order chi connectivity index (χ1) is 5.22. The third-order valence-electron chi connectivity index (χ3n) is 1.52. The molecule has 1 aliphatic heterocycles. The molecule has 3 heteroatoms. The van der Waals surface area contributed by atoms with Gasteiger partial charge in [-0.15, -0.1) is 0 Å². The largest absolute Gasteiger partial charge is 0.367 e. The van der Waals surface area contributed by atoms with E-state index in [-0.39, 0.29) is 12.0 Å². The second kappa shape index (κ2) is 5.13. The van der Waals surface area contributed by atoms with Gasteiger partial charge in [-0.3, -0.25) is 4.79 Å². The van der Waals surface area contributed by atoms with E-state index in [1.54, 1.807) is 18.9 Å². The van der Waals surface area contributed by atoms with Crippen molar-refractivity contribution in [3.63, 3.8) is 0 Å². The van der Waals surface area contributed by atoms with Crippen LogP contribution in [-0.2, 0) is 9.53 Å². The Morgan fingerprint density at radius 1 is 1.55 bits per heavy atom. The third-order valence-corrected chi connectivity index (χ3v) is 1.52. The van der Waals surface area contributed by atoms with Gasteiger partial charge in [0.25, 0.3) is 5.91 Å². The zero-order valence-electron chi connectivity index (χ0n) is 7.76. The molecule has 0 aromatic rings. The quantitative estimate of drug-likeness (QED) is 0.525. The minimum atomic E-state index is -0.233. The summed E-state index contributed by atoms with van der Waals surface area (Å²) in [5.41, 5.74) is 0. The molecule has 0 saturated carbocycles. The van der Waals surface area contributed by atoms with Crippen LogP contribution in [0.1, 0.15) is 20.8 Å². The number of hydrogen-bond acceptors (Lipinski definition) is 2. The number of ether oxygens (including phenoxy) is 1. The Morgan fingerprint density at radius 2 is 2.09 bits per heavy atom. The van der Waals surface area contributed by atoms with Gasteiger partial charge in [0.15, 0.2) is 0 Å². The summed E-state index contributed by atoms with van der Waals surface area (Å²) >= 11 is 0. The molecular formula is C8H17NO2. The molecule has 3 nitrogen and oxygen atoms in total. The topological polar surface area (TPSA) is 29.5 Å². The molecule has 0 radical (unpaired) electrons. The number of rotatable bonds is 0. The van der Waals surface area contributed by atoms with Gasteiger partial charge in [0.2, 0.25) is 0 Å². The highest BCUT2D eigenvalue weighted by molar-refractivity contribution is 5.80. The van der Waals surface area contributed by atoms with Crippen molar-refractivity contribution in [1.29, 1.82) is 0 Å². The SMILES string of the molecule is CC.CC1OCCN(C)C1=O. The molecule has 1 saturated heterocycles. The van der Waals surface area contributed by atoms with Crippen molar-refractivity contribution in [3.05, 3.63) is 0 Å². The predicted molar refractivity (Wildman–Crippen MR) is 44.4 cm³/mol. The number of amides is 1. The van der Waals surface area contributed by atoms with Crippen molar-refractivity contribution in [2.45, 2.75) is 26.9 Å². The lowest BCUT2D eigenvalue weighted by Gasteiger charge is -2.26. The van der Waals surface area contributed by atoms with Crippen LogP contribution in [0.15, 0.2) is 0 Å². The maximum absolute atomic E-state index is 10.9. The Kier molecular flexibility index (Phi) is 4.86. The van der Waals surface area contributed by atoms with Gasteiger partial charge >= 0.3 is 0 Å². The molecule has 0 aromatic carbocycles. The maximum atomic E-state index is 10.9. The molecule has 1 unspecified atom stereocenters. The summed E-state index contributed by atoms with van der Waals surface area (Å²) in [5.74, 6) is 0.0845. The number of morpholine rings is 1. The normalized spacial score (nSPS) is 24.2. The Balaban J connectivity index is 0.000000461. The van der Waals surface area contributed by atoms with Crippen LogP contribution >= 0.6 is 0 Å². The van der Waals surface area contributed by atoms with Crippen molar-refractivity contribution in [2.75, 3.05) is 20.2 Å². The maximum Gasteiger partial charge on any atom is 0.251 e. The first kappa shape index (κ1) is 10.4. The standard InChI is InChI=1S/C6H11NO2.C2H6/c1-5-6(8)7(2)3-4-9-5;1-2/h5H,3-4H2,1-2H3;1-2H3. The van der Waals surface area contributed by atoms with Crippen LogP contribution < -0.4 is 0 Å². The van der Waals surface area contributed by atoms with E-state index < -0.39 is 0 Å². The molecule has 0 aromatic heterocycles. The lowest BCUT2D eigenvalue weighted by atomic mass is 10.3. The summed E-state index contributed by atoms with van der Waals surface area (Å²) in [7, 11) is 1.79. The summed E-state index contributed by atoms with van der Waals surface area (Å²) in [6.07, 6.45) is -0.233. The molecule has 0 N–H and O–H groups in total. The van der Waals surface area contributed by atoms with Crippen LogP contribution in [0.2, 0.25) is 0 Å². The van der Waals surface area contributed by atoms with Crippen LogP contribution in [0.4, 0.5) is 0 Å². The predicted octanol–water partition coefficient (Wildman–Crippen LogP) is 0.890. The summed E-state index contributed by atoms with van der Waals surface area (Å²) in [6, 6.07) is 0. The fourth-order valence-electron chi connectivity index (χ4n) is 0.858. The molecule has 1 fully saturated rings. The fraction of sp³-hybridized carbons (Fsp3) is 0.875. The lowest BCUT2D eigenvalue weighted by molar-refractivity contribution is -0.149. The van der Waals surface area contributed by atoms with Crippen molar-refractivity contribution in [1.82, 2.24) is 4.90 Å². The molecule has 1 atom stereocenters. The average Bonchev–Trinajstić information content (AvgIpc) is 2.04. The average molecular weight is 159 g/mol. The minimum absolute atomic E-state index is 0.0845. The Bertz CT molecular complexity index is 113. The molecule has 1 heterocycles. The molecular weight excluding hydrogens is 142 g/mol. The zero-order valence-corrected chi connectivity index (χ0v) is 7.76. The van der Waals surface area contributed by atoms with Gasteiger partial charge in [0, 0.05) is 13.6 Å². The highest BCUT2D eigenvalue weighted by Crippen LogP contribution is 2.02. The number of carbonyl (C=O) groups excluding carboxylic acids is 1. The van der Waals surface area contributed by atoms with Gasteiger partial charge in [0.05, 0.1) is 6.61 Å². The zero-order chi connectivity index (χ0) is 8.85. The van der Waals surface area contributed by atoms with E-state index in [1.807, 2.05) is 13.8 Å². The highest BCUT2D eigenvalue weighted by atomic mass is 16.5. The van der Waals surface area contributed by atoms with Gasteiger partial charge in [-0.1, -0.05) is 13.8 Å². The van der Waals surface area contributed by atoms with Crippen molar-refractivity contribution in [3.8, 4) is 0 Å². The molecule has 1 amide bonds. The van der Waals surface area contributed by atoms with E-state index in [9.17, 15) is 4.79 Å². The van der Waals surface area contributed by atoms with Gasteiger partial charge in [-0.2, -0.15) is 0 Å². The minimum Gasteiger partial charge on any atom is -0.367 e. The summed E-state index contributed by atoms with van der Waals surface area (Å²) < 4.78 is 5.07. The smallest absolute Gasteiger partial charge is 0.251 e. The second-order valence-electron chi connectivity index (χ2n) is 2.27. The van der Waals surface area contributed by atoms with E-state index in [4.69, 9.17) is 4.74 Å². The third kappa shape index (κ3) is 2.89. The first-order valence-electron chi connectivity index (χ1n) is 4.08. The van der Waals surface area contributed by atoms with Crippen LogP contribution in [0.3, 0.4) is 0 Å². The monoisotopic (exact) mass is 159 g/mol. The summed E-state index contributed by atoms with van der Waals surface area (Å²) in [4.78, 5) is 12.6. The van der Waals surface area contributed by atoms with Gasteiger partial charge in [-0.05, 0) is 6.92 Å². The van der Waals surface area contributed by atoms with Gasteiger partial charge in [0.1, 0.15) is 6.10 Å². The molecule has 0 spiro atoms. The van der Waals surface area contributed by atoms with Gasteiger partial charge < -0.3 is 9.64 Å². The molecule has 1 rings (SSSR count). The van der Waals surface area contributed by atoms with E-state index in [0.717, 1.165) is 6.54 Å². The Labute approximate surface area is 68.3 Å². The molecule has 0 bridgehead atoms. The van der Waals surface area contributed by atoms with Crippen LogP contribution in [-0.4, -0.2) is 37.1 Å². The van der Waals surface area contributed by atoms with Crippen molar-refractivity contribution < 1.29 is 9.53 Å². The van der Waals surface area contributed by atoms with Crippen LogP contribution in [0.5, 0.6) is 0 Å². The Hall–Kier alpha value is -0.570. The van der Waals surface area contributed by atoms with E-state index >= 15 is 0 Å². The molecule has 0 aliphatic carbocycles. The van der Waals surface area contributed by atoms with Crippen molar-refractivity contribution in [2.24, 2.45) is 0 Å². The van der Waals surface area contributed by atoms with E-state index in [1.165, 1.54) is 0 Å². The number of nitrogens with zero attached hydrogens (tertiary/aromatic N) is 1. The van der Waals surface area contributed by atoms with Crippen LogP contribution in [0.25, 0.3) is 0 Å². The first-order valence-corrected chi connectivity index (χ1v) is 4.08. The molecule has 11 heavy (non-hydrogen) atoms. The highest BCUT2D eigenvalue weighted by Gasteiger charge is 2.21. The van der Waals surface area contributed by atoms with Crippen molar-refractivity contribution >= 4 is 5.91 Å². The van der Waals surface area contributed by atoms with Gasteiger partial charge in [-0.25, -0.2) is 0 Å². The second-order valence-corrected chi connectivity index (χ2v) is 2.27.